The highest BCUT2D eigenvalue weighted by Gasteiger charge is 2.13. The number of carboxylic acids is 1. The number of carbonyl (C=O) groups excluding carboxylic acids is 1. The number of aromatic nitrogens is 1. The Morgan fingerprint density at radius 3 is 2.78 bits per heavy atom. The van der Waals surface area contributed by atoms with Gasteiger partial charge < -0.3 is 19.6 Å². The number of anilines is 1. The van der Waals surface area contributed by atoms with Crippen molar-refractivity contribution in [1.29, 1.82) is 0 Å². The molecule has 0 aliphatic carbocycles. The molecule has 0 saturated heterocycles. The van der Waals surface area contributed by atoms with Crippen molar-refractivity contribution in [3.8, 4) is 29.5 Å². The molecule has 2 N–H and O–H groups in total. The van der Waals surface area contributed by atoms with Crippen molar-refractivity contribution in [2.45, 2.75) is 6.42 Å². The summed E-state index contributed by atoms with van der Waals surface area (Å²) in [6.07, 6.45) is 7.77. The number of rotatable bonds is 8. The largest absolute Gasteiger partial charge is 0.481 e. The minimum absolute atomic E-state index is 0.0387. The number of hydrogen-bond donors (Lipinski definition) is 2. The van der Waals surface area contributed by atoms with E-state index in [1.165, 1.54) is 24.3 Å². The van der Waals surface area contributed by atoms with Gasteiger partial charge in [-0.2, -0.15) is 0 Å². The molecule has 0 aliphatic rings. The predicted octanol–water partition coefficient (Wildman–Crippen LogP) is 5.58. The van der Waals surface area contributed by atoms with Crippen LogP contribution in [0.1, 0.15) is 11.1 Å². The van der Waals surface area contributed by atoms with Crippen LogP contribution >= 0.6 is 11.6 Å². The molecule has 36 heavy (non-hydrogen) atoms. The van der Waals surface area contributed by atoms with Crippen molar-refractivity contribution < 1.29 is 28.2 Å². The third kappa shape index (κ3) is 5.90. The molecule has 1 amide bonds. The molecule has 4 aromatic rings. The minimum Gasteiger partial charge on any atom is -0.481 e. The van der Waals surface area contributed by atoms with Gasteiger partial charge >= 0.3 is 5.97 Å². The number of carboxylic acid groups (broad SMARTS) is 1. The van der Waals surface area contributed by atoms with E-state index in [1.54, 1.807) is 42.5 Å². The quantitative estimate of drug-likeness (QED) is 0.240. The van der Waals surface area contributed by atoms with E-state index in [9.17, 15) is 14.0 Å². The van der Waals surface area contributed by atoms with Crippen molar-refractivity contribution in [2.75, 3.05) is 11.9 Å². The summed E-state index contributed by atoms with van der Waals surface area (Å²) in [7, 11) is 0. The minimum atomic E-state index is -0.960. The molecule has 0 unspecified atom stereocenters. The standard InChI is InChI=1S/C27H18ClFN2O5/c1-2-11-35-23-9-6-19(28)14-17(23)5-10-25(32)30-21-7-4-18(15-20(21)29)27-31-22-12-16(13-26(33)34)3-8-24(22)36-27/h1,3-10,12,14-15H,11,13H2,(H,30,32)(H,33,34). The van der Waals surface area contributed by atoms with Crippen LogP contribution in [-0.4, -0.2) is 28.6 Å². The van der Waals surface area contributed by atoms with Crippen molar-refractivity contribution >= 4 is 46.3 Å². The number of oxazole rings is 1. The van der Waals surface area contributed by atoms with Gasteiger partial charge in [0.25, 0.3) is 0 Å². The second kappa shape index (κ2) is 10.8. The monoisotopic (exact) mass is 504 g/mol. The zero-order valence-electron chi connectivity index (χ0n) is 18.6. The van der Waals surface area contributed by atoms with Crippen LogP contribution in [0, 0.1) is 18.2 Å². The lowest BCUT2D eigenvalue weighted by Gasteiger charge is -2.07. The molecule has 180 valence electrons. The fourth-order valence-electron chi connectivity index (χ4n) is 3.37. The highest BCUT2D eigenvalue weighted by molar-refractivity contribution is 6.30. The van der Waals surface area contributed by atoms with Crippen molar-refractivity contribution in [3.05, 3.63) is 82.6 Å². The number of carbonyl (C=O) groups is 2. The van der Waals surface area contributed by atoms with Crippen LogP contribution in [0.3, 0.4) is 0 Å². The topological polar surface area (TPSA) is 102 Å². The number of fused-ring (bicyclic) bond motifs is 1. The Balaban J connectivity index is 1.49. The van der Waals surface area contributed by atoms with Crippen LogP contribution < -0.4 is 10.1 Å². The molecular formula is C27H18ClFN2O5. The average Bonchev–Trinajstić information content (AvgIpc) is 3.26. The van der Waals surface area contributed by atoms with E-state index in [0.717, 1.165) is 0 Å². The van der Waals surface area contributed by atoms with Gasteiger partial charge in [-0.25, -0.2) is 9.37 Å². The lowest BCUT2D eigenvalue weighted by atomic mass is 10.1. The van der Waals surface area contributed by atoms with Gasteiger partial charge in [-0.1, -0.05) is 23.6 Å². The van der Waals surface area contributed by atoms with Gasteiger partial charge in [-0.05, 0) is 60.2 Å². The van der Waals surface area contributed by atoms with Gasteiger partial charge in [0.15, 0.2) is 5.58 Å². The first-order valence-corrected chi connectivity index (χ1v) is 11.0. The predicted molar refractivity (Wildman–Crippen MR) is 134 cm³/mol. The van der Waals surface area contributed by atoms with Crippen LogP contribution in [0.2, 0.25) is 5.02 Å². The van der Waals surface area contributed by atoms with E-state index in [4.69, 9.17) is 32.3 Å². The zero-order valence-corrected chi connectivity index (χ0v) is 19.4. The molecule has 0 radical (unpaired) electrons. The third-order valence-corrected chi connectivity index (χ3v) is 5.21. The van der Waals surface area contributed by atoms with E-state index in [1.807, 2.05) is 0 Å². The molecule has 0 atom stereocenters. The Morgan fingerprint density at radius 1 is 1.19 bits per heavy atom. The summed E-state index contributed by atoms with van der Waals surface area (Å²) in [6.45, 7) is 0.0514. The summed E-state index contributed by atoms with van der Waals surface area (Å²) in [4.78, 5) is 27.6. The van der Waals surface area contributed by atoms with E-state index >= 15 is 0 Å². The van der Waals surface area contributed by atoms with Crippen LogP contribution in [0.25, 0.3) is 28.6 Å². The fourth-order valence-corrected chi connectivity index (χ4v) is 3.55. The smallest absolute Gasteiger partial charge is 0.307 e. The third-order valence-electron chi connectivity index (χ3n) is 4.98. The zero-order chi connectivity index (χ0) is 25.7. The molecule has 0 aliphatic heterocycles. The normalized spacial score (nSPS) is 10.9. The summed E-state index contributed by atoms with van der Waals surface area (Å²) in [5.41, 5.74) is 2.31. The maximum absolute atomic E-state index is 14.7. The Morgan fingerprint density at radius 2 is 2.03 bits per heavy atom. The summed E-state index contributed by atoms with van der Waals surface area (Å²) in [5, 5.41) is 11.9. The fraction of sp³-hybridized carbons (Fsp3) is 0.0741. The molecule has 4 rings (SSSR count). The van der Waals surface area contributed by atoms with Gasteiger partial charge in [0.2, 0.25) is 11.8 Å². The van der Waals surface area contributed by atoms with E-state index < -0.39 is 17.7 Å². The molecule has 1 heterocycles. The first-order chi connectivity index (χ1) is 17.3. The summed E-state index contributed by atoms with van der Waals surface area (Å²) >= 11 is 6.02. The number of nitrogens with one attached hydrogen (secondary N) is 1. The second-order valence-electron chi connectivity index (χ2n) is 7.58. The molecule has 7 nitrogen and oxygen atoms in total. The summed E-state index contributed by atoms with van der Waals surface area (Å²) < 4.78 is 25.8. The second-order valence-corrected chi connectivity index (χ2v) is 8.02. The van der Waals surface area contributed by atoms with Crippen LogP contribution in [-0.2, 0) is 16.0 Å². The summed E-state index contributed by atoms with van der Waals surface area (Å²) in [5.74, 6) is 0.750. The molecular weight excluding hydrogens is 487 g/mol. The van der Waals surface area contributed by atoms with Crippen LogP contribution in [0.4, 0.5) is 10.1 Å². The van der Waals surface area contributed by atoms with Gasteiger partial charge in [-0.15, -0.1) is 6.42 Å². The number of halogens is 2. The molecule has 3 aromatic carbocycles. The van der Waals surface area contributed by atoms with E-state index in [2.05, 4.69) is 16.2 Å². The number of nitrogens with zero attached hydrogens (tertiary/aromatic N) is 1. The highest BCUT2D eigenvalue weighted by Crippen LogP contribution is 2.28. The Bertz CT molecular complexity index is 1540. The number of benzene rings is 3. The van der Waals surface area contributed by atoms with Gasteiger partial charge in [0, 0.05) is 22.2 Å². The first-order valence-electron chi connectivity index (χ1n) is 10.6. The Hall–Kier alpha value is -4.61. The van der Waals surface area contributed by atoms with E-state index in [-0.39, 0.29) is 24.6 Å². The molecule has 0 fully saturated rings. The van der Waals surface area contributed by atoms with Gasteiger partial charge in [0.1, 0.15) is 23.7 Å². The molecule has 1 aromatic heterocycles. The number of ether oxygens (including phenoxy) is 1. The maximum atomic E-state index is 14.7. The van der Waals surface area contributed by atoms with Crippen molar-refractivity contribution in [3.63, 3.8) is 0 Å². The van der Waals surface area contributed by atoms with Crippen molar-refractivity contribution in [1.82, 2.24) is 4.98 Å². The van der Waals surface area contributed by atoms with Gasteiger partial charge in [0.05, 0.1) is 12.1 Å². The number of amides is 1. The highest BCUT2D eigenvalue weighted by atomic mass is 35.5. The first kappa shape index (κ1) is 24.5. The Labute approximate surface area is 210 Å². The average molecular weight is 505 g/mol. The number of aliphatic carboxylic acids is 1. The van der Waals surface area contributed by atoms with Crippen LogP contribution in [0.15, 0.2) is 65.1 Å². The lowest BCUT2D eigenvalue weighted by Crippen LogP contribution is -2.09. The number of terminal acetylenes is 1. The van der Waals surface area contributed by atoms with Gasteiger partial charge in [-0.3, -0.25) is 9.59 Å². The number of hydrogen-bond acceptors (Lipinski definition) is 5. The Kier molecular flexibility index (Phi) is 7.33. The molecule has 0 spiro atoms. The lowest BCUT2D eigenvalue weighted by molar-refractivity contribution is -0.136. The van der Waals surface area contributed by atoms with Crippen LogP contribution in [0.5, 0.6) is 5.75 Å². The molecule has 0 saturated carbocycles. The SMILES string of the molecule is C#CCOc1ccc(Cl)cc1C=CC(=O)Nc1ccc(-c2nc3cc(CC(=O)O)ccc3o2)cc1F. The maximum Gasteiger partial charge on any atom is 0.307 e. The molecule has 0 bridgehead atoms. The van der Waals surface area contributed by atoms with Crippen molar-refractivity contribution in [2.24, 2.45) is 0 Å². The molecule has 9 heteroatoms. The van der Waals surface area contributed by atoms with E-state index in [0.29, 0.717) is 38.6 Å². The summed E-state index contributed by atoms with van der Waals surface area (Å²) in [6, 6.07) is 13.9.